The zero-order chi connectivity index (χ0) is 19.1. The van der Waals surface area contributed by atoms with Gasteiger partial charge in [0, 0.05) is 18.3 Å². The molecule has 11 heteroatoms. The summed E-state index contributed by atoms with van der Waals surface area (Å²) in [4.78, 5) is 41.9. The molecule has 0 fully saturated rings. The first kappa shape index (κ1) is 20.5. The maximum Gasteiger partial charge on any atom is 0.326 e. The fraction of sp³-hybridized carbons (Fsp3) is 0.571. The van der Waals surface area contributed by atoms with E-state index in [1.54, 1.807) is 0 Å². The monoisotopic (exact) mass is 357 g/mol. The van der Waals surface area contributed by atoms with E-state index in [2.05, 4.69) is 20.6 Å². The van der Waals surface area contributed by atoms with Crippen LogP contribution >= 0.6 is 0 Å². The van der Waals surface area contributed by atoms with Crippen LogP contribution in [0, 0.1) is 0 Å². The Labute approximate surface area is 143 Å². The Bertz CT molecular complexity index is 589. The molecule has 0 aliphatic rings. The fourth-order valence-corrected chi connectivity index (χ4v) is 1.95. The molecule has 5 atom stereocenters. The maximum atomic E-state index is 12.3. The van der Waals surface area contributed by atoms with E-state index >= 15 is 0 Å². The molecule has 2 amide bonds. The van der Waals surface area contributed by atoms with E-state index in [0.29, 0.717) is 5.69 Å². The summed E-state index contributed by atoms with van der Waals surface area (Å²) >= 11 is 0. The predicted molar refractivity (Wildman–Crippen MR) is 85.1 cm³/mol. The molecular formula is C14H23N5O6. The van der Waals surface area contributed by atoms with Crippen molar-refractivity contribution in [3.05, 3.63) is 18.2 Å². The van der Waals surface area contributed by atoms with Crippen molar-refractivity contribution >= 4 is 17.8 Å². The number of H-pyrrole nitrogens is 1. The van der Waals surface area contributed by atoms with Crippen molar-refractivity contribution in [1.29, 1.82) is 0 Å². The van der Waals surface area contributed by atoms with Gasteiger partial charge in [-0.25, -0.2) is 9.78 Å². The third kappa shape index (κ3) is 6.14. The van der Waals surface area contributed by atoms with Gasteiger partial charge in [-0.15, -0.1) is 0 Å². The number of carbonyl (C=O) groups excluding carboxylic acids is 2. The van der Waals surface area contributed by atoms with Gasteiger partial charge in [-0.1, -0.05) is 0 Å². The van der Waals surface area contributed by atoms with E-state index in [1.165, 1.54) is 26.4 Å². The molecule has 1 heterocycles. The quantitative estimate of drug-likeness (QED) is 0.245. The van der Waals surface area contributed by atoms with Crippen LogP contribution in [-0.4, -0.2) is 73.4 Å². The molecule has 8 N–H and O–H groups in total. The molecule has 0 radical (unpaired) electrons. The zero-order valence-electron chi connectivity index (χ0n) is 13.8. The van der Waals surface area contributed by atoms with Gasteiger partial charge in [0.15, 0.2) is 0 Å². The number of nitrogens with two attached hydrogens (primary N) is 1. The lowest BCUT2D eigenvalue weighted by atomic mass is 10.1. The molecule has 0 bridgehead atoms. The van der Waals surface area contributed by atoms with Crippen LogP contribution in [0.5, 0.6) is 0 Å². The molecule has 1 rings (SSSR count). The van der Waals surface area contributed by atoms with Crippen molar-refractivity contribution in [1.82, 2.24) is 20.6 Å². The molecule has 25 heavy (non-hydrogen) atoms. The van der Waals surface area contributed by atoms with Crippen molar-refractivity contribution in [2.45, 2.75) is 50.6 Å². The Kier molecular flexibility index (Phi) is 7.48. The molecule has 0 aliphatic heterocycles. The highest BCUT2D eigenvalue weighted by Gasteiger charge is 2.32. The van der Waals surface area contributed by atoms with Crippen molar-refractivity contribution < 1.29 is 29.7 Å². The second kappa shape index (κ2) is 9.11. The number of carboxylic acid groups (broad SMARTS) is 1. The largest absolute Gasteiger partial charge is 0.480 e. The Balaban J connectivity index is 2.79. The summed E-state index contributed by atoms with van der Waals surface area (Å²) < 4.78 is 0. The Morgan fingerprint density at radius 2 is 1.84 bits per heavy atom. The fourth-order valence-electron chi connectivity index (χ4n) is 1.95. The Morgan fingerprint density at radius 1 is 1.20 bits per heavy atom. The van der Waals surface area contributed by atoms with Crippen molar-refractivity contribution in [2.75, 3.05) is 0 Å². The standard InChI is InChI=1S/C14H23N5O6/c1-6(20)10(15)12(22)19-11(7(2)21)13(23)18-9(14(24)25)3-8-4-16-5-17-8/h4-7,9-11,20-21H,3,15H2,1-2H3,(H,16,17)(H,18,23)(H,19,22)(H,24,25)/t6-,7-,9+,10+,11+/m1/s1. The molecule has 11 nitrogen and oxygen atoms in total. The summed E-state index contributed by atoms with van der Waals surface area (Å²) in [5, 5.41) is 32.7. The lowest BCUT2D eigenvalue weighted by molar-refractivity contribution is -0.143. The summed E-state index contributed by atoms with van der Waals surface area (Å²) in [6, 6.07) is -4.02. The van der Waals surface area contributed by atoms with Gasteiger partial charge < -0.3 is 36.7 Å². The van der Waals surface area contributed by atoms with Crippen LogP contribution in [0.4, 0.5) is 0 Å². The van der Waals surface area contributed by atoms with Gasteiger partial charge in [-0.05, 0) is 13.8 Å². The summed E-state index contributed by atoms with van der Waals surface area (Å²) in [6.07, 6.45) is 0.246. The molecule has 0 spiro atoms. The van der Waals surface area contributed by atoms with Crippen LogP contribution in [-0.2, 0) is 20.8 Å². The Hall–Kier alpha value is -2.50. The van der Waals surface area contributed by atoms with Gasteiger partial charge in [0.25, 0.3) is 0 Å². The smallest absolute Gasteiger partial charge is 0.326 e. The number of aliphatic hydroxyl groups is 2. The zero-order valence-corrected chi connectivity index (χ0v) is 13.8. The highest BCUT2D eigenvalue weighted by Crippen LogP contribution is 2.02. The topological polar surface area (TPSA) is 191 Å². The number of hydrogen-bond acceptors (Lipinski definition) is 7. The number of aliphatic carboxylic acids is 1. The third-order valence-corrected chi connectivity index (χ3v) is 3.48. The minimum Gasteiger partial charge on any atom is -0.480 e. The first-order valence-corrected chi connectivity index (χ1v) is 7.56. The summed E-state index contributed by atoms with van der Waals surface area (Å²) in [6.45, 7) is 2.55. The number of carbonyl (C=O) groups is 3. The molecule has 1 aromatic heterocycles. The molecule has 0 aliphatic carbocycles. The van der Waals surface area contributed by atoms with E-state index in [4.69, 9.17) is 5.73 Å². The number of aromatic amines is 1. The van der Waals surface area contributed by atoms with Crippen LogP contribution in [0.2, 0.25) is 0 Å². The van der Waals surface area contributed by atoms with E-state index in [9.17, 15) is 29.7 Å². The highest BCUT2D eigenvalue weighted by molar-refractivity contribution is 5.92. The minimum atomic E-state index is -1.43. The summed E-state index contributed by atoms with van der Waals surface area (Å²) in [5.74, 6) is -3.04. The van der Waals surface area contributed by atoms with E-state index in [0.717, 1.165) is 0 Å². The number of hydrogen-bond donors (Lipinski definition) is 7. The molecule has 0 unspecified atom stereocenters. The van der Waals surface area contributed by atoms with Crippen LogP contribution < -0.4 is 16.4 Å². The van der Waals surface area contributed by atoms with E-state index < -0.39 is 48.1 Å². The first-order chi connectivity index (χ1) is 11.6. The normalized spacial score (nSPS) is 17.0. The van der Waals surface area contributed by atoms with E-state index in [-0.39, 0.29) is 6.42 Å². The molecule has 0 aromatic carbocycles. The van der Waals surface area contributed by atoms with Gasteiger partial charge in [0.1, 0.15) is 18.1 Å². The summed E-state index contributed by atoms with van der Waals surface area (Å²) in [7, 11) is 0. The second-order valence-corrected chi connectivity index (χ2v) is 5.67. The number of aromatic nitrogens is 2. The number of aliphatic hydroxyl groups excluding tert-OH is 2. The summed E-state index contributed by atoms with van der Waals surface area (Å²) in [5.41, 5.74) is 5.96. The molecule has 140 valence electrons. The molecular weight excluding hydrogens is 334 g/mol. The van der Waals surface area contributed by atoms with Gasteiger partial charge in [-0.3, -0.25) is 9.59 Å². The van der Waals surface area contributed by atoms with Crippen LogP contribution in [0.15, 0.2) is 12.5 Å². The number of imidazole rings is 1. The predicted octanol–water partition coefficient (Wildman–Crippen LogP) is -2.90. The first-order valence-electron chi connectivity index (χ1n) is 7.56. The number of carboxylic acids is 1. The van der Waals surface area contributed by atoms with Crippen LogP contribution in [0.25, 0.3) is 0 Å². The van der Waals surface area contributed by atoms with Crippen LogP contribution in [0.1, 0.15) is 19.5 Å². The average Bonchev–Trinajstić information content (AvgIpc) is 3.03. The molecule has 1 aromatic rings. The second-order valence-electron chi connectivity index (χ2n) is 5.67. The lowest BCUT2D eigenvalue weighted by Gasteiger charge is -2.25. The van der Waals surface area contributed by atoms with Gasteiger partial charge >= 0.3 is 5.97 Å². The van der Waals surface area contributed by atoms with Gasteiger partial charge in [0.2, 0.25) is 11.8 Å². The highest BCUT2D eigenvalue weighted by atomic mass is 16.4. The SMILES string of the molecule is C[C@@H](O)[C@H](N)C(=O)N[C@H](C(=O)N[C@@H](Cc1cnc[nH]1)C(=O)O)[C@@H](C)O. The van der Waals surface area contributed by atoms with Crippen molar-refractivity contribution in [3.63, 3.8) is 0 Å². The van der Waals surface area contributed by atoms with E-state index in [1.807, 2.05) is 0 Å². The maximum absolute atomic E-state index is 12.3. The van der Waals surface area contributed by atoms with Gasteiger partial charge in [-0.2, -0.15) is 0 Å². The van der Waals surface area contributed by atoms with Crippen molar-refractivity contribution in [3.8, 4) is 0 Å². The van der Waals surface area contributed by atoms with Gasteiger partial charge in [0.05, 0.1) is 18.5 Å². The van der Waals surface area contributed by atoms with Crippen LogP contribution in [0.3, 0.4) is 0 Å². The molecule has 0 saturated carbocycles. The Morgan fingerprint density at radius 3 is 2.28 bits per heavy atom. The number of nitrogens with zero attached hydrogens (tertiary/aromatic N) is 1. The third-order valence-electron chi connectivity index (χ3n) is 3.48. The number of nitrogens with one attached hydrogen (secondary N) is 3. The number of amides is 2. The van der Waals surface area contributed by atoms with Crippen molar-refractivity contribution in [2.24, 2.45) is 5.73 Å². The molecule has 0 saturated heterocycles. The average molecular weight is 357 g/mol. The minimum absolute atomic E-state index is 0.0608. The lowest BCUT2D eigenvalue weighted by Crippen LogP contribution is -2.59. The number of rotatable bonds is 9.